The number of amides is 1. The minimum absolute atomic E-state index is 0.188. The minimum atomic E-state index is 0.188. The lowest BCUT2D eigenvalue weighted by atomic mass is 10.0. The normalized spacial score (nSPS) is 24.3. The van der Waals surface area contributed by atoms with Gasteiger partial charge < -0.3 is 9.38 Å². The Morgan fingerprint density at radius 3 is 2.27 bits per heavy atom. The minimum Gasteiger partial charge on any atom is -0.314 e. The van der Waals surface area contributed by atoms with E-state index in [1.54, 1.807) is 0 Å². The van der Waals surface area contributed by atoms with E-state index >= 15 is 0 Å². The van der Waals surface area contributed by atoms with E-state index in [9.17, 15) is 4.79 Å². The molecule has 0 spiro atoms. The van der Waals surface area contributed by atoms with Gasteiger partial charge in [-0.1, -0.05) is 17.7 Å². The average Bonchev–Trinajstić information content (AvgIpc) is 3.06. The molecule has 1 amide bonds. The number of likely N-dealkylation sites (tertiary alicyclic amines) is 1. The lowest BCUT2D eigenvalue weighted by Gasteiger charge is -2.38. The van der Waals surface area contributed by atoms with Crippen LogP contribution in [0, 0.1) is 20.8 Å². The van der Waals surface area contributed by atoms with Gasteiger partial charge in [-0.15, -0.1) is 0 Å². The molecule has 0 aliphatic carbocycles. The zero-order chi connectivity index (χ0) is 15.9. The van der Waals surface area contributed by atoms with E-state index in [1.807, 2.05) is 0 Å². The topological polar surface area (TPSA) is 20.3 Å². The summed E-state index contributed by atoms with van der Waals surface area (Å²) in [5, 5.41) is 0. The van der Waals surface area contributed by atoms with Crippen molar-refractivity contribution in [1.29, 1.82) is 0 Å². The molecule has 2 heterocycles. The summed E-state index contributed by atoms with van der Waals surface area (Å²) in [4.78, 5) is 15.2. The Kier molecular flexibility index (Phi) is 4.02. The number of quaternary nitrogens is 1. The summed E-state index contributed by atoms with van der Waals surface area (Å²) in [5.41, 5.74) is 4.90. The average molecular weight is 301 g/mol. The van der Waals surface area contributed by atoms with Crippen molar-refractivity contribution in [2.45, 2.75) is 53.0 Å². The molecule has 1 aromatic carbocycles. The van der Waals surface area contributed by atoms with E-state index < -0.39 is 0 Å². The summed E-state index contributed by atoms with van der Waals surface area (Å²) in [7, 11) is 0. The van der Waals surface area contributed by atoms with Crippen LogP contribution < -0.4 is 4.90 Å². The molecule has 3 nitrogen and oxygen atoms in total. The Labute approximate surface area is 134 Å². The fourth-order valence-corrected chi connectivity index (χ4v) is 4.81. The van der Waals surface area contributed by atoms with Gasteiger partial charge in [0.05, 0.1) is 19.6 Å². The lowest BCUT2D eigenvalue weighted by Crippen LogP contribution is -2.56. The molecule has 3 rings (SSSR count). The molecule has 0 N–H and O–H groups in total. The largest absolute Gasteiger partial charge is 0.314 e. The molecule has 22 heavy (non-hydrogen) atoms. The van der Waals surface area contributed by atoms with E-state index in [0.29, 0.717) is 5.91 Å². The third kappa shape index (κ3) is 2.36. The Bertz CT molecular complexity index is 564. The molecule has 1 atom stereocenters. The highest BCUT2D eigenvalue weighted by molar-refractivity contribution is 6.00. The summed E-state index contributed by atoms with van der Waals surface area (Å²) in [6, 6.07) is 4.58. The van der Waals surface area contributed by atoms with Gasteiger partial charge in [-0.3, -0.25) is 4.79 Å². The van der Waals surface area contributed by atoms with Crippen LogP contribution in [0.5, 0.6) is 0 Å². The number of hydrogen-bond donors (Lipinski definition) is 0. The molecule has 0 saturated carbocycles. The number of carbonyl (C=O) groups excluding carboxylic acids is 1. The monoisotopic (exact) mass is 301 g/mol. The van der Waals surface area contributed by atoms with E-state index in [4.69, 9.17) is 0 Å². The van der Waals surface area contributed by atoms with Crippen LogP contribution in [0.3, 0.4) is 0 Å². The van der Waals surface area contributed by atoms with Crippen LogP contribution in [0.4, 0.5) is 5.69 Å². The van der Waals surface area contributed by atoms with Crippen LogP contribution in [0.2, 0.25) is 0 Å². The Balaban J connectivity index is 1.91. The van der Waals surface area contributed by atoms with Crippen molar-refractivity contribution in [3.63, 3.8) is 0 Å². The maximum absolute atomic E-state index is 13.2. The van der Waals surface area contributed by atoms with Gasteiger partial charge in [0.15, 0.2) is 6.04 Å². The third-order valence-electron chi connectivity index (χ3n) is 5.83. The van der Waals surface area contributed by atoms with Gasteiger partial charge in [0.2, 0.25) is 0 Å². The smallest absolute Gasteiger partial charge is 0.285 e. The second-order valence-electron chi connectivity index (χ2n) is 7.23. The quantitative estimate of drug-likeness (QED) is 0.784. The molecule has 2 aliphatic heterocycles. The predicted octanol–water partition coefficient (Wildman–Crippen LogP) is 3.35. The van der Waals surface area contributed by atoms with Crippen LogP contribution in [0.25, 0.3) is 0 Å². The Hall–Kier alpha value is -1.35. The van der Waals surface area contributed by atoms with Crippen molar-refractivity contribution in [1.82, 2.24) is 0 Å². The van der Waals surface area contributed by atoms with Crippen molar-refractivity contribution in [2.24, 2.45) is 0 Å². The predicted molar refractivity (Wildman–Crippen MR) is 91.2 cm³/mol. The van der Waals surface area contributed by atoms with E-state index in [0.717, 1.165) is 29.7 Å². The maximum atomic E-state index is 13.2. The third-order valence-corrected chi connectivity index (χ3v) is 5.83. The Morgan fingerprint density at radius 1 is 1.14 bits per heavy atom. The molecular formula is C19H29N2O+. The number of rotatable bonds is 3. The number of hydrogen-bond acceptors (Lipinski definition) is 1. The second-order valence-corrected chi connectivity index (χ2v) is 7.23. The molecule has 2 aliphatic rings. The van der Waals surface area contributed by atoms with Crippen molar-refractivity contribution in [3.05, 3.63) is 28.8 Å². The first-order chi connectivity index (χ1) is 10.5. The summed E-state index contributed by atoms with van der Waals surface area (Å²) >= 11 is 0. The van der Waals surface area contributed by atoms with Crippen LogP contribution in [0.15, 0.2) is 12.1 Å². The number of likely N-dealkylation sites (N-methyl/N-ethyl adjacent to an activating group) is 1. The molecule has 1 unspecified atom stereocenters. The number of aryl methyl sites for hydroxylation is 3. The van der Waals surface area contributed by atoms with E-state index in [-0.39, 0.29) is 6.04 Å². The molecule has 3 heteroatoms. The number of nitrogens with zero attached hydrogens (tertiary/aromatic N) is 2. The zero-order valence-corrected chi connectivity index (χ0v) is 14.5. The first-order valence-corrected chi connectivity index (χ1v) is 8.73. The summed E-state index contributed by atoms with van der Waals surface area (Å²) < 4.78 is 1.03. The zero-order valence-electron chi connectivity index (χ0n) is 14.5. The highest BCUT2D eigenvalue weighted by atomic mass is 16.2. The maximum Gasteiger partial charge on any atom is 0.285 e. The number of benzene rings is 1. The van der Waals surface area contributed by atoms with Gasteiger partial charge in [-0.25, -0.2) is 0 Å². The van der Waals surface area contributed by atoms with Gasteiger partial charge in [-0.05, 0) is 38.8 Å². The van der Waals surface area contributed by atoms with Crippen molar-refractivity contribution in [3.8, 4) is 0 Å². The number of anilines is 1. The molecule has 120 valence electrons. The Morgan fingerprint density at radius 2 is 1.73 bits per heavy atom. The SMILES string of the molecule is CC[N+]1(C2CCN(c3c(C)cc(C)cc3C)C2=O)CCCC1. The molecule has 0 bridgehead atoms. The molecule has 0 radical (unpaired) electrons. The van der Waals surface area contributed by atoms with Crippen molar-refractivity contribution < 1.29 is 9.28 Å². The van der Waals surface area contributed by atoms with Crippen LogP contribution in [-0.4, -0.2) is 42.6 Å². The van der Waals surface area contributed by atoms with Crippen molar-refractivity contribution in [2.75, 3.05) is 31.1 Å². The van der Waals surface area contributed by atoms with Crippen LogP contribution in [0.1, 0.15) is 42.9 Å². The van der Waals surface area contributed by atoms with E-state index in [2.05, 4.69) is 44.7 Å². The van der Waals surface area contributed by atoms with Crippen LogP contribution >= 0.6 is 0 Å². The van der Waals surface area contributed by atoms with Gasteiger partial charge in [0.25, 0.3) is 5.91 Å². The first-order valence-electron chi connectivity index (χ1n) is 8.73. The molecule has 2 fully saturated rings. The van der Waals surface area contributed by atoms with Crippen molar-refractivity contribution >= 4 is 11.6 Å². The fraction of sp³-hybridized carbons (Fsp3) is 0.632. The molecule has 2 saturated heterocycles. The summed E-state index contributed by atoms with van der Waals surface area (Å²) in [5.74, 6) is 0.360. The summed E-state index contributed by atoms with van der Waals surface area (Å²) in [6.07, 6.45) is 3.57. The van der Waals surface area contributed by atoms with Gasteiger partial charge >= 0.3 is 0 Å². The second kappa shape index (κ2) is 5.69. The van der Waals surface area contributed by atoms with Gasteiger partial charge in [0, 0.05) is 31.5 Å². The number of carbonyl (C=O) groups is 1. The lowest BCUT2D eigenvalue weighted by molar-refractivity contribution is -0.929. The molecule has 1 aromatic rings. The molecular weight excluding hydrogens is 272 g/mol. The summed E-state index contributed by atoms with van der Waals surface area (Å²) in [6.45, 7) is 13.0. The standard InChI is InChI=1S/C19H29N2O/c1-5-21(10-6-7-11-21)17-8-9-20(19(17)22)18-15(3)12-14(2)13-16(18)4/h12-13,17H,5-11H2,1-4H3/q+1. The van der Waals surface area contributed by atoms with Crippen LogP contribution in [-0.2, 0) is 4.79 Å². The highest BCUT2D eigenvalue weighted by Crippen LogP contribution is 2.35. The van der Waals surface area contributed by atoms with Gasteiger partial charge in [0.1, 0.15) is 0 Å². The molecule has 0 aromatic heterocycles. The highest BCUT2D eigenvalue weighted by Gasteiger charge is 2.48. The fourth-order valence-electron chi connectivity index (χ4n) is 4.81. The first kappa shape index (κ1) is 15.5. The van der Waals surface area contributed by atoms with Gasteiger partial charge in [-0.2, -0.15) is 0 Å². The van der Waals surface area contributed by atoms with E-state index in [1.165, 1.54) is 42.6 Å².